The molecule has 0 spiro atoms. The van der Waals surface area contributed by atoms with Gasteiger partial charge in [0.2, 0.25) is 0 Å². The van der Waals surface area contributed by atoms with Gasteiger partial charge in [-0.2, -0.15) is 0 Å². The van der Waals surface area contributed by atoms with Crippen LogP contribution < -0.4 is 0 Å². The summed E-state index contributed by atoms with van der Waals surface area (Å²) in [5.74, 6) is 0. The van der Waals surface area contributed by atoms with Crippen LogP contribution in [0.25, 0.3) is 11.4 Å². The Balaban J connectivity index is 2.48. The number of nitrogens with zero attached hydrogens (tertiary/aromatic N) is 2. The first kappa shape index (κ1) is 5.22. The molecule has 2 aromatic rings. The van der Waals surface area contributed by atoms with Crippen molar-refractivity contribution in [2.24, 2.45) is 0 Å². The summed E-state index contributed by atoms with van der Waals surface area (Å²) in [6.45, 7) is 0. The Labute approximate surface area is 57.3 Å². The van der Waals surface area contributed by atoms with E-state index in [0.29, 0.717) is 0 Å². The molecular formula is C6H6N4. The number of aromatic nitrogens is 4. The third-order valence-electron chi connectivity index (χ3n) is 1.29. The highest BCUT2D eigenvalue weighted by atomic mass is 14.9. The van der Waals surface area contributed by atoms with Crippen molar-refractivity contribution < 1.29 is 0 Å². The fourth-order valence-corrected chi connectivity index (χ4v) is 0.806. The number of hydrogen-bond donors (Lipinski definition) is 2. The molecule has 10 heavy (non-hydrogen) atoms. The van der Waals surface area contributed by atoms with Crippen molar-refractivity contribution in [3.8, 4) is 11.4 Å². The molecule has 0 radical (unpaired) electrons. The van der Waals surface area contributed by atoms with E-state index in [2.05, 4.69) is 19.9 Å². The van der Waals surface area contributed by atoms with E-state index in [9.17, 15) is 0 Å². The minimum absolute atomic E-state index is 0.956. The second-order valence-corrected chi connectivity index (χ2v) is 1.93. The summed E-state index contributed by atoms with van der Waals surface area (Å²) >= 11 is 0. The quantitative estimate of drug-likeness (QED) is 0.606. The zero-order chi connectivity index (χ0) is 6.81. The van der Waals surface area contributed by atoms with Gasteiger partial charge in [-0.25, -0.2) is 9.97 Å². The summed E-state index contributed by atoms with van der Waals surface area (Å²) in [5, 5.41) is 0. The molecule has 2 heterocycles. The van der Waals surface area contributed by atoms with Gasteiger partial charge in [-0.1, -0.05) is 0 Å². The fourth-order valence-electron chi connectivity index (χ4n) is 0.806. The molecule has 4 nitrogen and oxygen atoms in total. The molecule has 0 atom stereocenters. The number of H-pyrrole nitrogens is 2. The standard InChI is InChI=1S/C6H6N4/c1-5(9-3-7-1)6-2-8-4-10-6/h1-4H,(H,7,9)(H,8,10). The van der Waals surface area contributed by atoms with Gasteiger partial charge in [-0.3, -0.25) is 0 Å². The first-order valence-electron chi connectivity index (χ1n) is 2.94. The topological polar surface area (TPSA) is 57.4 Å². The van der Waals surface area contributed by atoms with Crippen LogP contribution >= 0.6 is 0 Å². The lowest BCUT2D eigenvalue weighted by Crippen LogP contribution is -1.73. The van der Waals surface area contributed by atoms with E-state index in [0.717, 1.165) is 11.4 Å². The Morgan fingerprint density at radius 3 is 1.70 bits per heavy atom. The summed E-state index contributed by atoms with van der Waals surface area (Å²) in [7, 11) is 0. The summed E-state index contributed by atoms with van der Waals surface area (Å²) in [6, 6.07) is 0. The number of aromatic amines is 2. The summed E-state index contributed by atoms with van der Waals surface area (Å²) in [6.07, 6.45) is 6.76. The van der Waals surface area contributed by atoms with Gasteiger partial charge in [-0.05, 0) is 0 Å². The molecule has 0 amide bonds. The number of rotatable bonds is 1. The molecule has 0 saturated carbocycles. The van der Waals surface area contributed by atoms with E-state index in [-0.39, 0.29) is 0 Å². The van der Waals surface area contributed by atoms with Crippen molar-refractivity contribution in [1.29, 1.82) is 0 Å². The monoisotopic (exact) mass is 134 g/mol. The molecule has 4 heteroatoms. The first-order chi connectivity index (χ1) is 4.97. The van der Waals surface area contributed by atoms with E-state index in [1.54, 1.807) is 25.0 Å². The summed E-state index contributed by atoms with van der Waals surface area (Å²) in [5.41, 5.74) is 1.91. The van der Waals surface area contributed by atoms with Crippen molar-refractivity contribution >= 4 is 0 Å². The van der Waals surface area contributed by atoms with Crippen LogP contribution in [0.1, 0.15) is 0 Å². The van der Waals surface area contributed by atoms with Crippen LogP contribution in [0.5, 0.6) is 0 Å². The highest BCUT2D eigenvalue weighted by molar-refractivity contribution is 5.50. The lowest BCUT2D eigenvalue weighted by Gasteiger charge is -1.85. The molecule has 0 bridgehead atoms. The molecular weight excluding hydrogens is 128 g/mol. The molecule has 2 rings (SSSR count). The lowest BCUT2D eigenvalue weighted by molar-refractivity contribution is 1.29. The van der Waals surface area contributed by atoms with Crippen molar-refractivity contribution in [3.05, 3.63) is 25.0 Å². The number of imidazole rings is 2. The molecule has 50 valence electrons. The second-order valence-electron chi connectivity index (χ2n) is 1.93. The molecule has 2 aromatic heterocycles. The normalized spacial score (nSPS) is 10.0. The van der Waals surface area contributed by atoms with Crippen LogP contribution in [0.2, 0.25) is 0 Å². The van der Waals surface area contributed by atoms with Crippen molar-refractivity contribution in [1.82, 2.24) is 19.9 Å². The van der Waals surface area contributed by atoms with E-state index >= 15 is 0 Å². The maximum atomic E-state index is 3.87. The van der Waals surface area contributed by atoms with Crippen molar-refractivity contribution in [3.63, 3.8) is 0 Å². The van der Waals surface area contributed by atoms with Crippen molar-refractivity contribution in [2.45, 2.75) is 0 Å². The van der Waals surface area contributed by atoms with Crippen molar-refractivity contribution in [2.75, 3.05) is 0 Å². The van der Waals surface area contributed by atoms with Gasteiger partial charge in [-0.15, -0.1) is 0 Å². The molecule has 0 unspecified atom stereocenters. The Morgan fingerprint density at radius 2 is 1.40 bits per heavy atom. The maximum Gasteiger partial charge on any atom is 0.0924 e. The predicted octanol–water partition coefficient (Wildman–Crippen LogP) is 0.800. The molecule has 0 fully saturated rings. The third-order valence-corrected chi connectivity index (χ3v) is 1.29. The van der Waals surface area contributed by atoms with E-state index < -0.39 is 0 Å². The van der Waals surface area contributed by atoms with Gasteiger partial charge in [0, 0.05) is 0 Å². The molecule has 0 saturated heterocycles. The smallest absolute Gasteiger partial charge is 0.0924 e. The summed E-state index contributed by atoms with van der Waals surface area (Å²) < 4.78 is 0. The second kappa shape index (κ2) is 1.98. The molecule has 0 aliphatic rings. The molecule has 2 N–H and O–H groups in total. The van der Waals surface area contributed by atoms with Gasteiger partial charge in [0.15, 0.2) is 0 Å². The van der Waals surface area contributed by atoms with E-state index in [1.807, 2.05) is 0 Å². The van der Waals surface area contributed by atoms with E-state index in [1.165, 1.54) is 0 Å². The van der Waals surface area contributed by atoms with Crippen LogP contribution in [0.15, 0.2) is 25.0 Å². The Bertz CT molecular complexity index is 249. The Hall–Kier alpha value is -1.58. The van der Waals surface area contributed by atoms with Gasteiger partial charge in [0.1, 0.15) is 0 Å². The summed E-state index contributed by atoms with van der Waals surface area (Å²) in [4.78, 5) is 13.7. The number of nitrogens with one attached hydrogen (secondary N) is 2. The van der Waals surface area contributed by atoms with Crippen LogP contribution in [0, 0.1) is 0 Å². The van der Waals surface area contributed by atoms with Crippen LogP contribution in [-0.4, -0.2) is 19.9 Å². The van der Waals surface area contributed by atoms with Gasteiger partial charge < -0.3 is 9.97 Å². The largest absolute Gasteiger partial charge is 0.343 e. The maximum absolute atomic E-state index is 3.87. The first-order valence-corrected chi connectivity index (χ1v) is 2.94. The highest BCUT2D eigenvalue weighted by Gasteiger charge is 1.96. The van der Waals surface area contributed by atoms with Gasteiger partial charge in [0.05, 0.1) is 36.4 Å². The zero-order valence-electron chi connectivity index (χ0n) is 5.20. The minimum atomic E-state index is 0.956. The lowest BCUT2D eigenvalue weighted by atomic mass is 10.4. The highest BCUT2D eigenvalue weighted by Crippen LogP contribution is 2.09. The Morgan fingerprint density at radius 1 is 0.900 bits per heavy atom. The molecule has 0 aliphatic heterocycles. The minimum Gasteiger partial charge on any atom is -0.343 e. The van der Waals surface area contributed by atoms with E-state index in [4.69, 9.17) is 0 Å². The number of hydrogen-bond acceptors (Lipinski definition) is 2. The fraction of sp³-hybridized carbons (Fsp3) is 0. The van der Waals surface area contributed by atoms with Crippen LogP contribution in [-0.2, 0) is 0 Å². The molecule has 0 aromatic carbocycles. The third kappa shape index (κ3) is 0.699. The zero-order valence-corrected chi connectivity index (χ0v) is 5.20. The van der Waals surface area contributed by atoms with Crippen LogP contribution in [0.3, 0.4) is 0 Å². The van der Waals surface area contributed by atoms with Gasteiger partial charge >= 0.3 is 0 Å². The average Bonchev–Trinajstić information content (AvgIpc) is 2.59. The average molecular weight is 134 g/mol. The van der Waals surface area contributed by atoms with Gasteiger partial charge in [0.25, 0.3) is 0 Å². The predicted molar refractivity (Wildman–Crippen MR) is 36.2 cm³/mol. The Kier molecular flexibility index (Phi) is 1.04. The van der Waals surface area contributed by atoms with Crippen LogP contribution in [0.4, 0.5) is 0 Å². The molecule has 0 aliphatic carbocycles. The SMILES string of the molecule is c1ncc(-c2cnc[nH]2)[nH]1.